The highest BCUT2D eigenvalue weighted by Crippen LogP contribution is 2.38. The van der Waals surface area contributed by atoms with E-state index in [0.717, 1.165) is 5.56 Å². The maximum atomic E-state index is 13.9. The Kier molecular flexibility index (Phi) is 6.01. The number of amides is 1. The monoisotopic (exact) mass is 471 g/mol. The molecule has 1 amide bonds. The minimum absolute atomic E-state index is 0.0307. The number of hydrogen-bond acceptors (Lipinski definition) is 5. The lowest BCUT2D eigenvalue weighted by Gasteiger charge is -2.25. The van der Waals surface area contributed by atoms with Crippen LogP contribution in [0, 0.1) is 5.82 Å². The molecule has 0 unspecified atom stereocenters. The highest BCUT2D eigenvalue weighted by molar-refractivity contribution is 5.94. The highest BCUT2D eigenvalue weighted by atomic mass is 19.1. The zero-order chi connectivity index (χ0) is 24.4. The van der Waals surface area contributed by atoms with E-state index in [1.807, 2.05) is 30.3 Å². The van der Waals surface area contributed by atoms with Gasteiger partial charge in [0, 0.05) is 23.5 Å². The summed E-state index contributed by atoms with van der Waals surface area (Å²) < 4.78 is 25.2. The molecule has 0 saturated heterocycles. The molecule has 2 heterocycles. The van der Waals surface area contributed by atoms with E-state index >= 15 is 0 Å². The van der Waals surface area contributed by atoms with Gasteiger partial charge in [0.05, 0.1) is 12.7 Å². The third-order valence-corrected chi connectivity index (χ3v) is 5.93. The van der Waals surface area contributed by atoms with Crippen molar-refractivity contribution in [2.75, 3.05) is 12.4 Å². The summed E-state index contributed by atoms with van der Waals surface area (Å²) in [5, 5.41) is 2.73. The van der Waals surface area contributed by atoms with Gasteiger partial charge in [0.15, 0.2) is 11.5 Å². The zero-order valence-electron chi connectivity index (χ0n) is 18.9. The number of nitrogens with one attached hydrogen (secondary N) is 2. The topological polar surface area (TPSA) is 93.3 Å². The predicted octanol–water partition coefficient (Wildman–Crippen LogP) is 4.64. The number of H-pyrrole nitrogens is 1. The standard InChI is InChI=1S/C27H22FN3O4/c1-34-22-13-17(11-12-21(22)35-15-18-9-5-6-10-20(18)28)19-14-23(32)29-26-24(19)27(33)31-25(30-26)16-7-3-2-4-8-16/h2-13,19H,14-15H2,1H3,(H2,29,30,31,32,33)/t19-/m0/s1. The number of benzene rings is 3. The van der Waals surface area contributed by atoms with Crippen molar-refractivity contribution in [3.05, 3.63) is 106 Å². The van der Waals surface area contributed by atoms with Gasteiger partial charge in [0.25, 0.3) is 5.56 Å². The molecule has 1 atom stereocenters. The molecule has 0 fully saturated rings. The van der Waals surface area contributed by atoms with E-state index in [9.17, 15) is 14.0 Å². The number of hydrogen-bond donors (Lipinski definition) is 2. The largest absolute Gasteiger partial charge is 0.493 e. The molecule has 0 aliphatic carbocycles. The summed E-state index contributed by atoms with van der Waals surface area (Å²) in [5.74, 6) is 0.350. The van der Waals surface area contributed by atoms with Crippen LogP contribution < -0.4 is 20.3 Å². The van der Waals surface area contributed by atoms with Crippen molar-refractivity contribution in [2.45, 2.75) is 18.9 Å². The van der Waals surface area contributed by atoms with Gasteiger partial charge < -0.3 is 19.8 Å². The number of carbonyl (C=O) groups is 1. The smallest absolute Gasteiger partial charge is 0.257 e. The van der Waals surface area contributed by atoms with Crippen LogP contribution in [0.3, 0.4) is 0 Å². The van der Waals surface area contributed by atoms with E-state index in [4.69, 9.17) is 9.47 Å². The molecule has 1 aromatic heterocycles. The van der Waals surface area contributed by atoms with Gasteiger partial charge in [-0.2, -0.15) is 0 Å². The van der Waals surface area contributed by atoms with Gasteiger partial charge in [-0.15, -0.1) is 0 Å². The predicted molar refractivity (Wildman–Crippen MR) is 129 cm³/mol. The summed E-state index contributed by atoms with van der Waals surface area (Å²) >= 11 is 0. The van der Waals surface area contributed by atoms with E-state index < -0.39 is 5.92 Å². The fourth-order valence-corrected chi connectivity index (χ4v) is 4.18. The van der Waals surface area contributed by atoms with E-state index in [-0.39, 0.29) is 36.1 Å². The number of anilines is 1. The first-order valence-electron chi connectivity index (χ1n) is 11.1. The van der Waals surface area contributed by atoms with Gasteiger partial charge in [-0.1, -0.05) is 54.6 Å². The first-order chi connectivity index (χ1) is 17.0. The van der Waals surface area contributed by atoms with E-state index in [2.05, 4.69) is 15.3 Å². The Morgan fingerprint density at radius 1 is 1.00 bits per heavy atom. The number of fused-ring (bicyclic) bond motifs is 1. The maximum absolute atomic E-state index is 13.9. The van der Waals surface area contributed by atoms with Crippen molar-refractivity contribution in [3.8, 4) is 22.9 Å². The molecule has 0 spiro atoms. The second-order valence-electron chi connectivity index (χ2n) is 8.14. The van der Waals surface area contributed by atoms with E-state index in [1.54, 1.807) is 36.4 Å². The minimum atomic E-state index is -0.519. The van der Waals surface area contributed by atoms with Crippen LogP contribution in [0.25, 0.3) is 11.4 Å². The number of ether oxygens (including phenoxy) is 2. The molecule has 176 valence electrons. The molecule has 3 aromatic carbocycles. The number of methoxy groups -OCH3 is 1. The average molecular weight is 471 g/mol. The Bertz CT molecular complexity index is 1450. The van der Waals surface area contributed by atoms with E-state index in [0.29, 0.717) is 34.0 Å². The molecule has 5 rings (SSSR count). The molecule has 35 heavy (non-hydrogen) atoms. The Morgan fingerprint density at radius 2 is 1.77 bits per heavy atom. The summed E-state index contributed by atoms with van der Waals surface area (Å²) in [6, 6.07) is 20.8. The Labute approximate surface area is 200 Å². The van der Waals surface area contributed by atoms with Crippen LogP contribution in [0.5, 0.6) is 11.5 Å². The van der Waals surface area contributed by atoms with Crippen LogP contribution in [-0.4, -0.2) is 23.0 Å². The average Bonchev–Trinajstić information content (AvgIpc) is 2.88. The lowest BCUT2D eigenvalue weighted by atomic mass is 9.86. The summed E-state index contributed by atoms with van der Waals surface area (Å²) in [6.07, 6.45) is 0.0844. The van der Waals surface area contributed by atoms with Crippen molar-refractivity contribution < 1.29 is 18.7 Å². The number of nitrogens with zero attached hydrogens (tertiary/aromatic N) is 1. The number of aromatic nitrogens is 2. The zero-order valence-corrected chi connectivity index (χ0v) is 18.9. The molecule has 7 nitrogen and oxygen atoms in total. The lowest BCUT2D eigenvalue weighted by Crippen LogP contribution is -2.31. The fraction of sp³-hybridized carbons (Fsp3) is 0.148. The molecule has 0 saturated carbocycles. The Hall–Kier alpha value is -4.46. The van der Waals surface area contributed by atoms with Crippen molar-refractivity contribution in [1.29, 1.82) is 0 Å². The highest BCUT2D eigenvalue weighted by Gasteiger charge is 2.31. The van der Waals surface area contributed by atoms with Crippen LogP contribution in [-0.2, 0) is 11.4 Å². The van der Waals surface area contributed by atoms with Crippen molar-refractivity contribution in [3.63, 3.8) is 0 Å². The minimum Gasteiger partial charge on any atom is -0.493 e. The molecule has 0 bridgehead atoms. The molecule has 2 N–H and O–H groups in total. The second kappa shape index (κ2) is 9.42. The molecular formula is C27H22FN3O4. The molecular weight excluding hydrogens is 449 g/mol. The summed E-state index contributed by atoms with van der Waals surface area (Å²) in [6.45, 7) is 0.0307. The molecule has 1 aliphatic heterocycles. The number of halogens is 1. The third-order valence-electron chi connectivity index (χ3n) is 5.93. The normalized spacial score (nSPS) is 14.7. The first-order valence-corrected chi connectivity index (χ1v) is 11.1. The Balaban J connectivity index is 1.48. The van der Waals surface area contributed by atoms with Crippen LogP contribution in [0.4, 0.5) is 10.2 Å². The molecule has 0 radical (unpaired) electrons. The Morgan fingerprint density at radius 3 is 2.54 bits per heavy atom. The molecule has 1 aliphatic rings. The lowest BCUT2D eigenvalue weighted by molar-refractivity contribution is -0.116. The maximum Gasteiger partial charge on any atom is 0.257 e. The second-order valence-corrected chi connectivity index (χ2v) is 8.14. The summed E-state index contributed by atoms with van der Waals surface area (Å²) in [4.78, 5) is 33.0. The van der Waals surface area contributed by atoms with Gasteiger partial charge in [-0.3, -0.25) is 9.59 Å². The number of carbonyl (C=O) groups excluding carboxylic acids is 1. The summed E-state index contributed by atoms with van der Waals surface area (Å²) in [5.41, 5.74) is 1.92. The van der Waals surface area contributed by atoms with Crippen molar-refractivity contribution in [2.24, 2.45) is 0 Å². The number of aromatic amines is 1. The SMILES string of the molecule is COc1cc([C@@H]2CC(=O)Nc3nc(-c4ccccc4)[nH]c(=O)c32)ccc1OCc1ccccc1F. The van der Waals surface area contributed by atoms with Crippen LogP contribution in [0.1, 0.15) is 29.0 Å². The van der Waals surface area contributed by atoms with Crippen molar-refractivity contribution >= 4 is 11.7 Å². The quantitative estimate of drug-likeness (QED) is 0.428. The van der Waals surface area contributed by atoms with Gasteiger partial charge in [-0.05, 0) is 23.8 Å². The van der Waals surface area contributed by atoms with Gasteiger partial charge in [-0.25, -0.2) is 9.37 Å². The summed E-state index contributed by atoms with van der Waals surface area (Å²) in [7, 11) is 1.50. The third kappa shape index (κ3) is 4.50. The van der Waals surface area contributed by atoms with Crippen LogP contribution in [0.15, 0.2) is 77.6 Å². The van der Waals surface area contributed by atoms with Gasteiger partial charge in [0.1, 0.15) is 24.1 Å². The van der Waals surface area contributed by atoms with Gasteiger partial charge in [0.2, 0.25) is 5.91 Å². The molecule has 8 heteroatoms. The van der Waals surface area contributed by atoms with E-state index in [1.165, 1.54) is 13.2 Å². The first kappa shape index (κ1) is 22.3. The fourth-order valence-electron chi connectivity index (χ4n) is 4.18. The van der Waals surface area contributed by atoms with Crippen LogP contribution >= 0.6 is 0 Å². The van der Waals surface area contributed by atoms with Crippen molar-refractivity contribution in [1.82, 2.24) is 9.97 Å². The van der Waals surface area contributed by atoms with Gasteiger partial charge >= 0.3 is 0 Å². The van der Waals surface area contributed by atoms with Crippen LogP contribution in [0.2, 0.25) is 0 Å². The number of rotatable bonds is 6. The molecule has 4 aromatic rings.